The first-order valence-electron chi connectivity index (χ1n) is 8.22. The Kier molecular flexibility index (Phi) is 5.46. The maximum absolute atomic E-state index is 12.3. The van der Waals surface area contributed by atoms with Gasteiger partial charge in [-0.25, -0.2) is 4.68 Å². The number of ether oxygens (including phenoxy) is 1. The molecule has 0 fully saturated rings. The largest absolute Gasteiger partial charge is 0.492 e. The Morgan fingerprint density at radius 3 is 2.40 bits per heavy atom. The van der Waals surface area contributed by atoms with E-state index in [-0.39, 0.29) is 5.56 Å². The number of rotatable bonds is 7. The predicted octanol–water partition coefficient (Wildman–Crippen LogP) is 2.96. The summed E-state index contributed by atoms with van der Waals surface area (Å²) in [6, 6.07) is 21.3. The fourth-order valence-corrected chi connectivity index (χ4v) is 2.52. The molecule has 0 N–H and O–H groups in total. The van der Waals surface area contributed by atoms with E-state index in [1.807, 2.05) is 60.5 Å². The van der Waals surface area contributed by atoms with Gasteiger partial charge in [0.1, 0.15) is 12.4 Å². The first-order valence-corrected chi connectivity index (χ1v) is 8.22. The molecule has 0 spiro atoms. The van der Waals surface area contributed by atoms with Gasteiger partial charge in [0.2, 0.25) is 0 Å². The molecule has 0 saturated carbocycles. The zero-order chi connectivity index (χ0) is 17.5. The molecule has 0 radical (unpaired) electrons. The van der Waals surface area contributed by atoms with Gasteiger partial charge >= 0.3 is 0 Å². The molecule has 25 heavy (non-hydrogen) atoms. The molecule has 0 atom stereocenters. The topological polar surface area (TPSA) is 47.4 Å². The van der Waals surface area contributed by atoms with Crippen LogP contribution < -0.4 is 15.2 Å². The molecule has 1 aromatic heterocycles. The summed E-state index contributed by atoms with van der Waals surface area (Å²) in [4.78, 5) is 14.3. The lowest BCUT2D eigenvalue weighted by atomic mass is 10.2. The van der Waals surface area contributed by atoms with Gasteiger partial charge in [0.15, 0.2) is 0 Å². The maximum Gasteiger partial charge on any atom is 0.268 e. The Morgan fingerprint density at radius 1 is 1.04 bits per heavy atom. The van der Waals surface area contributed by atoms with E-state index in [0.29, 0.717) is 13.2 Å². The molecule has 0 saturated heterocycles. The van der Waals surface area contributed by atoms with E-state index in [2.05, 4.69) is 17.2 Å². The predicted molar refractivity (Wildman–Crippen MR) is 99.0 cm³/mol. The van der Waals surface area contributed by atoms with Crippen molar-refractivity contribution in [2.24, 2.45) is 0 Å². The van der Waals surface area contributed by atoms with Gasteiger partial charge in [-0.1, -0.05) is 48.5 Å². The van der Waals surface area contributed by atoms with Gasteiger partial charge in [-0.15, -0.1) is 0 Å². The van der Waals surface area contributed by atoms with Gasteiger partial charge in [0.05, 0.1) is 18.4 Å². The summed E-state index contributed by atoms with van der Waals surface area (Å²) >= 11 is 0. The van der Waals surface area contributed by atoms with E-state index >= 15 is 0 Å². The van der Waals surface area contributed by atoms with E-state index in [1.165, 1.54) is 10.2 Å². The molecular weight excluding hydrogens is 314 g/mol. The van der Waals surface area contributed by atoms with Gasteiger partial charge in [-0.2, -0.15) is 5.10 Å². The van der Waals surface area contributed by atoms with Crippen LogP contribution in [0.3, 0.4) is 0 Å². The molecule has 0 unspecified atom stereocenters. The Bertz CT molecular complexity index is 848. The SMILES string of the molecule is CN(Cc1ccccc1)c1cnn(CCOc2ccccc2)c(=O)c1. The molecule has 0 amide bonds. The zero-order valence-electron chi connectivity index (χ0n) is 14.2. The summed E-state index contributed by atoms with van der Waals surface area (Å²) in [5.74, 6) is 0.787. The quantitative estimate of drug-likeness (QED) is 0.666. The molecule has 0 bridgehead atoms. The van der Waals surface area contributed by atoms with Crippen molar-refractivity contribution in [2.75, 3.05) is 18.6 Å². The van der Waals surface area contributed by atoms with E-state index in [1.54, 1.807) is 12.3 Å². The average molecular weight is 335 g/mol. The summed E-state index contributed by atoms with van der Waals surface area (Å²) < 4.78 is 7.03. The highest BCUT2D eigenvalue weighted by Crippen LogP contribution is 2.12. The van der Waals surface area contributed by atoms with Crippen molar-refractivity contribution in [1.29, 1.82) is 0 Å². The third kappa shape index (κ3) is 4.70. The first kappa shape index (κ1) is 16.8. The lowest BCUT2D eigenvalue weighted by Gasteiger charge is -2.19. The number of para-hydroxylation sites is 1. The van der Waals surface area contributed by atoms with Crippen LogP contribution in [0.15, 0.2) is 77.7 Å². The van der Waals surface area contributed by atoms with Gasteiger partial charge < -0.3 is 9.64 Å². The van der Waals surface area contributed by atoms with Crippen LogP contribution in [-0.2, 0) is 13.1 Å². The number of anilines is 1. The summed E-state index contributed by atoms with van der Waals surface area (Å²) in [5, 5.41) is 4.25. The van der Waals surface area contributed by atoms with Crippen LogP contribution in [0.25, 0.3) is 0 Å². The number of nitrogens with zero attached hydrogens (tertiary/aromatic N) is 3. The molecular formula is C20H21N3O2. The van der Waals surface area contributed by atoms with Crippen LogP contribution in [0.5, 0.6) is 5.75 Å². The minimum Gasteiger partial charge on any atom is -0.492 e. The second-order valence-electron chi connectivity index (χ2n) is 5.78. The van der Waals surface area contributed by atoms with Crippen molar-refractivity contribution in [3.63, 3.8) is 0 Å². The maximum atomic E-state index is 12.3. The summed E-state index contributed by atoms with van der Waals surface area (Å²) in [6.45, 7) is 1.54. The van der Waals surface area contributed by atoms with Crippen LogP contribution in [0.2, 0.25) is 0 Å². The Morgan fingerprint density at radius 2 is 1.72 bits per heavy atom. The minimum atomic E-state index is -0.130. The van der Waals surface area contributed by atoms with Crippen LogP contribution >= 0.6 is 0 Å². The van der Waals surface area contributed by atoms with Crippen molar-refractivity contribution in [2.45, 2.75) is 13.1 Å². The fourth-order valence-electron chi connectivity index (χ4n) is 2.52. The highest BCUT2D eigenvalue weighted by atomic mass is 16.5. The number of aromatic nitrogens is 2. The average Bonchev–Trinajstić information content (AvgIpc) is 2.64. The molecule has 0 aliphatic rings. The molecule has 5 nitrogen and oxygen atoms in total. The first-order chi connectivity index (χ1) is 12.2. The lowest BCUT2D eigenvalue weighted by Crippen LogP contribution is -2.27. The van der Waals surface area contributed by atoms with Crippen LogP contribution in [-0.4, -0.2) is 23.4 Å². The second-order valence-corrected chi connectivity index (χ2v) is 5.78. The Hall–Kier alpha value is -3.08. The molecule has 128 valence electrons. The molecule has 3 aromatic rings. The Balaban J connectivity index is 1.59. The van der Waals surface area contributed by atoms with E-state index in [0.717, 1.165) is 18.0 Å². The molecule has 1 heterocycles. The highest BCUT2D eigenvalue weighted by molar-refractivity contribution is 5.42. The van der Waals surface area contributed by atoms with Crippen molar-refractivity contribution in [3.8, 4) is 5.75 Å². The van der Waals surface area contributed by atoms with Crippen LogP contribution in [0.4, 0.5) is 5.69 Å². The second kappa shape index (κ2) is 8.15. The number of benzene rings is 2. The van der Waals surface area contributed by atoms with Gasteiger partial charge in [0, 0.05) is 19.7 Å². The lowest BCUT2D eigenvalue weighted by molar-refractivity contribution is 0.288. The summed E-state index contributed by atoms with van der Waals surface area (Å²) in [7, 11) is 1.95. The molecule has 0 aliphatic carbocycles. The fraction of sp³-hybridized carbons (Fsp3) is 0.200. The smallest absolute Gasteiger partial charge is 0.268 e. The van der Waals surface area contributed by atoms with E-state index in [9.17, 15) is 4.79 Å². The van der Waals surface area contributed by atoms with Gasteiger partial charge in [-0.05, 0) is 17.7 Å². The van der Waals surface area contributed by atoms with E-state index < -0.39 is 0 Å². The van der Waals surface area contributed by atoms with Gasteiger partial charge in [0.25, 0.3) is 5.56 Å². The zero-order valence-corrected chi connectivity index (χ0v) is 14.2. The molecule has 2 aromatic carbocycles. The third-order valence-electron chi connectivity index (χ3n) is 3.87. The monoisotopic (exact) mass is 335 g/mol. The van der Waals surface area contributed by atoms with Crippen molar-refractivity contribution >= 4 is 5.69 Å². The normalized spacial score (nSPS) is 10.4. The van der Waals surface area contributed by atoms with Gasteiger partial charge in [-0.3, -0.25) is 4.79 Å². The number of hydrogen-bond donors (Lipinski definition) is 0. The standard InChI is InChI=1S/C20H21N3O2/c1-22(16-17-8-4-2-5-9-17)18-14-20(24)23(21-15-18)12-13-25-19-10-6-3-7-11-19/h2-11,14-15H,12-13,16H2,1H3. The molecule has 5 heteroatoms. The summed E-state index contributed by atoms with van der Waals surface area (Å²) in [6.07, 6.45) is 1.72. The third-order valence-corrected chi connectivity index (χ3v) is 3.87. The van der Waals surface area contributed by atoms with Crippen LogP contribution in [0.1, 0.15) is 5.56 Å². The van der Waals surface area contributed by atoms with Crippen molar-refractivity contribution in [3.05, 3.63) is 88.8 Å². The minimum absolute atomic E-state index is 0.130. The molecule has 0 aliphatic heterocycles. The highest BCUT2D eigenvalue weighted by Gasteiger charge is 2.06. The van der Waals surface area contributed by atoms with Crippen LogP contribution in [0, 0.1) is 0 Å². The summed E-state index contributed by atoms with van der Waals surface area (Å²) in [5.41, 5.74) is 1.86. The van der Waals surface area contributed by atoms with E-state index in [4.69, 9.17) is 4.74 Å². The van der Waals surface area contributed by atoms with Crippen molar-refractivity contribution in [1.82, 2.24) is 9.78 Å². The van der Waals surface area contributed by atoms with Crippen molar-refractivity contribution < 1.29 is 4.74 Å². The molecule has 3 rings (SSSR count). The Labute approximate surface area is 147 Å². The number of hydrogen-bond acceptors (Lipinski definition) is 4.